The average molecular weight is 291 g/mol. The van der Waals surface area contributed by atoms with Crippen LogP contribution in [0.15, 0.2) is 12.5 Å². The molecule has 1 heterocycles. The fraction of sp³-hybridized carbons (Fsp3) is 0.625. The molecule has 116 valence electrons. The number of hydrogen-bond acceptors (Lipinski definition) is 3. The van der Waals surface area contributed by atoms with Crippen LogP contribution < -0.4 is 5.32 Å². The van der Waals surface area contributed by atoms with Crippen LogP contribution in [0.5, 0.6) is 0 Å². The lowest BCUT2D eigenvalue weighted by Gasteiger charge is -2.29. The summed E-state index contributed by atoms with van der Waals surface area (Å²) in [7, 11) is 0. The predicted molar refractivity (Wildman–Crippen MR) is 82.7 cm³/mol. The molecule has 1 aromatic heterocycles. The highest BCUT2D eigenvalue weighted by Crippen LogP contribution is 2.21. The first kappa shape index (κ1) is 17.1. The minimum Gasteiger partial charge on any atom is -0.444 e. The van der Waals surface area contributed by atoms with Gasteiger partial charge in [-0.05, 0) is 41.5 Å². The van der Waals surface area contributed by atoms with Gasteiger partial charge in [0.05, 0.1) is 23.8 Å². The van der Waals surface area contributed by atoms with Crippen LogP contribution in [0.1, 0.15) is 53.7 Å². The third-order valence-corrected chi connectivity index (χ3v) is 2.82. The molecular formula is C16H25N3O2. The molecule has 0 saturated carbocycles. The number of aromatic nitrogens is 2. The average Bonchev–Trinajstić information content (AvgIpc) is 2.74. The van der Waals surface area contributed by atoms with Gasteiger partial charge in [-0.25, -0.2) is 9.78 Å². The quantitative estimate of drug-likeness (QED) is 0.867. The number of carbonyl (C=O) groups excluding carboxylic acids is 1. The van der Waals surface area contributed by atoms with E-state index in [2.05, 4.69) is 22.1 Å². The molecule has 0 radical (unpaired) electrons. The Hall–Kier alpha value is -1.96. The standard InChI is InChI=1S/C16H25N3O2/c1-7-8-9-10-19-12-17-11-13(19)16(5,6)18-14(20)21-15(2,3)4/h11-12H,9-10H2,1-6H3,(H,18,20). The van der Waals surface area contributed by atoms with Gasteiger partial charge in [0.15, 0.2) is 0 Å². The Kier molecular flexibility index (Phi) is 5.42. The fourth-order valence-electron chi connectivity index (χ4n) is 1.94. The van der Waals surface area contributed by atoms with Crippen LogP contribution in [-0.2, 0) is 16.8 Å². The topological polar surface area (TPSA) is 56.2 Å². The number of rotatable bonds is 4. The third-order valence-electron chi connectivity index (χ3n) is 2.82. The Bertz CT molecular complexity index is 542. The van der Waals surface area contributed by atoms with Crippen molar-refractivity contribution < 1.29 is 9.53 Å². The number of amides is 1. The van der Waals surface area contributed by atoms with Crippen LogP contribution in [0, 0.1) is 11.8 Å². The summed E-state index contributed by atoms with van der Waals surface area (Å²) in [5.41, 5.74) is -0.165. The Morgan fingerprint density at radius 2 is 2.05 bits per heavy atom. The van der Waals surface area contributed by atoms with E-state index in [1.54, 1.807) is 12.5 Å². The monoisotopic (exact) mass is 291 g/mol. The van der Waals surface area contributed by atoms with E-state index in [1.807, 2.05) is 46.1 Å². The zero-order valence-corrected chi connectivity index (χ0v) is 13.8. The Labute approximate surface area is 127 Å². The van der Waals surface area contributed by atoms with Gasteiger partial charge in [-0.3, -0.25) is 0 Å². The number of imidazole rings is 1. The molecule has 0 spiro atoms. The van der Waals surface area contributed by atoms with E-state index in [-0.39, 0.29) is 0 Å². The lowest BCUT2D eigenvalue weighted by Crippen LogP contribution is -2.44. The normalized spacial score (nSPS) is 11.5. The minimum absolute atomic E-state index is 0.436. The predicted octanol–water partition coefficient (Wildman–Crippen LogP) is 3.06. The largest absolute Gasteiger partial charge is 0.444 e. The molecule has 0 aliphatic heterocycles. The van der Waals surface area contributed by atoms with Crippen molar-refractivity contribution in [3.8, 4) is 11.8 Å². The molecule has 0 aromatic carbocycles. The van der Waals surface area contributed by atoms with Crippen molar-refractivity contribution in [1.29, 1.82) is 0 Å². The SMILES string of the molecule is CC#CCCn1cncc1C(C)(C)NC(=O)OC(C)(C)C. The number of carbonyl (C=O) groups is 1. The number of nitrogens with zero attached hydrogens (tertiary/aromatic N) is 2. The molecule has 0 aliphatic carbocycles. The van der Waals surface area contributed by atoms with Gasteiger partial charge >= 0.3 is 6.09 Å². The van der Waals surface area contributed by atoms with Gasteiger partial charge in [-0.2, -0.15) is 0 Å². The second-order valence-corrected chi connectivity index (χ2v) is 6.40. The molecular weight excluding hydrogens is 266 g/mol. The molecule has 0 aliphatic rings. The maximum atomic E-state index is 12.0. The van der Waals surface area contributed by atoms with Crippen LogP contribution in [-0.4, -0.2) is 21.2 Å². The van der Waals surface area contributed by atoms with Crippen molar-refractivity contribution in [1.82, 2.24) is 14.9 Å². The van der Waals surface area contributed by atoms with Gasteiger partial charge in [0.2, 0.25) is 0 Å². The lowest BCUT2D eigenvalue weighted by molar-refractivity contribution is 0.0466. The molecule has 21 heavy (non-hydrogen) atoms. The van der Waals surface area contributed by atoms with Crippen molar-refractivity contribution >= 4 is 6.09 Å². The summed E-state index contributed by atoms with van der Waals surface area (Å²) >= 11 is 0. The fourth-order valence-corrected chi connectivity index (χ4v) is 1.94. The van der Waals surface area contributed by atoms with Crippen LogP contribution >= 0.6 is 0 Å². The van der Waals surface area contributed by atoms with Crippen molar-refractivity contribution in [3.05, 3.63) is 18.2 Å². The summed E-state index contributed by atoms with van der Waals surface area (Å²) in [6.07, 6.45) is 3.83. The van der Waals surface area contributed by atoms with Gasteiger partial charge in [0, 0.05) is 13.0 Å². The first-order valence-corrected chi connectivity index (χ1v) is 7.07. The maximum Gasteiger partial charge on any atom is 0.408 e. The van der Waals surface area contributed by atoms with E-state index >= 15 is 0 Å². The van der Waals surface area contributed by atoms with E-state index in [0.29, 0.717) is 0 Å². The molecule has 1 rings (SSSR count). The highest BCUT2D eigenvalue weighted by Gasteiger charge is 2.28. The summed E-state index contributed by atoms with van der Waals surface area (Å²) in [5.74, 6) is 5.90. The highest BCUT2D eigenvalue weighted by molar-refractivity contribution is 5.68. The number of alkyl carbamates (subject to hydrolysis) is 1. The summed E-state index contributed by atoms with van der Waals surface area (Å²) in [6, 6.07) is 0. The van der Waals surface area contributed by atoms with Gasteiger partial charge in [-0.1, -0.05) is 0 Å². The first-order chi connectivity index (χ1) is 9.65. The molecule has 0 bridgehead atoms. The van der Waals surface area contributed by atoms with Gasteiger partial charge in [0.1, 0.15) is 5.60 Å². The Morgan fingerprint density at radius 1 is 1.38 bits per heavy atom. The zero-order valence-electron chi connectivity index (χ0n) is 13.8. The van der Waals surface area contributed by atoms with Gasteiger partial charge in [-0.15, -0.1) is 11.8 Å². The molecule has 0 atom stereocenters. The number of hydrogen-bond donors (Lipinski definition) is 1. The van der Waals surface area contributed by atoms with Crippen molar-refractivity contribution in [3.63, 3.8) is 0 Å². The Balaban J connectivity index is 2.80. The Morgan fingerprint density at radius 3 is 2.62 bits per heavy atom. The van der Waals surface area contributed by atoms with Gasteiger partial charge < -0.3 is 14.6 Å². The summed E-state index contributed by atoms with van der Waals surface area (Å²) < 4.78 is 7.31. The third kappa shape index (κ3) is 5.50. The smallest absolute Gasteiger partial charge is 0.408 e. The van der Waals surface area contributed by atoms with E-state index in [1.165, 1.54) is 0 Å². The number of nitrogens with one attached hydrogen (secondary N) is 1. The molecule has 5 heteroatoms. The number of aryl methyl sites for hydroxylation is 1. The lowest BCUT2D eigenvalue weighted by atomic mass is 10.0. The molecule has 1 aromatic rings. The van der Waals surface area contributed by atoms with E-state index in [4.69, 9.17) is 4.74 Å². The number of ether oxygens (including phenoxy) is 1. The van der Waals surface area contributed by atoms with Crippen LogP contribution in [0.4, 0.5) is 4.79 Å². The molecule has 1 N–H and O–H groups in total. The van der Waals surface area contributed by atoms with Crippen molar-refractivity contribution in [2.75, 3.05) is 0 Å². The molecule has 0 fully saturated rings. The van der Waals surface area contributed by atoms with E-state index in [0.717, 1.165) is 18.7 Å². The van der Waals surface area contributed by atoms with E-state index in [9.17, 15) is 4.79 Å². The van der Waals surface area contributed by atoms with Crippen LogP contribution in [0.2, 0.25) is 0 Å². The molecule has 5 nitrogen and oxygen atoms in total. The summed E-state index contributed by atoms with van der Waals surface area (Å²) in [5, 5.41) is 2.89. The van der Waals surface area contributed by atoms with Crippen molar-refractivity contribution in [2.45, 2.75) is 65.6 Å². The second-order valence-electron chi connectivity index (χ2n) is 6.40. The van der Waals surface area contributed by atoms with Crippen LogP contribution in [0.25, 0.3) is 0 Å². The molecule has 0 unspecified atom stereocenters. The zero-order chi connectivity index (χ0) is 16.1. The molecule has 0 saturated heterocycles. The summed E-state index contributed by atoms with van der Waals surface area (Å²) in [6.45, 7) is 11.9. The summed E-state index contributed by atoms with van der Waals surface area (Å²) in [4.78, 5) is 16.1. The van der Waals surface area contributed by atoms with Crippen LogP contribution in [0.3, 0.4) is 0 Å². The minimum atomic E-state index is -0.571. The van der Waals surface area contributed by atoms with E-state index < -0.39 is 17.2 Å². The van der Waals surface area contributed by atoms with Crippen molar-refractivity contribution in [2.24, 2.45) is 0 Å². The molecule has 1 amide bonds. The van der Waals surface area contributed by atoms with Gasteiger partial charge in [0.25, 0.3) is 0 Å². The first-order valence-electron chi connectivity index (χ1n) is 7.07. The maximum absolute atomic E-state index is 12.0. The highest BCUT2D eigenvalue weighted by atomic mass is 16.6. The second kappa shape index (κ2) is 6.66.